The van der Waals surface area contributed by atoms with E-state index in [1.54, 1.807) is 35.7 Å². The number of benzene rings is 1. The number of hydrogen-bond acceptors (Lipinski definition) is 4. The maximum absolute atomic E-state index is 11.7. The molecule has 0 fully saturated rings. The summed E-state index contributed by atoms with van der Waals surface area (Å²) in [6, 6.07) is 8.17. The van der Waals surface area contributed by atoms with Crippen LogP contribution in [0.25, 0.3) is 0 Å². The van der Waals surface area contributed by atoms with Crippen LogP contribution in [0.3, 0.4) is 0 Å². The molecule has 1 amide bonds. The molecule has 19 heavy (non-hydrogen) atoms. The SMILES string of the molecule is CCNC(=O)c1ccc(OC(=O)c2ccsc2)cc1. The molecule has 0 saturated carbocycles. The van der Waals surface area contributed by atoms with Crippen molar-refractivity contribution in [1.29, 1.82) is 0 Å². The Hall–Kier alpha value is -2.14. The lowest BCUT2D eigenvalue weighted by Gasteiger charge is -2.05. The smallest absolute Gasteiger partial charge is 0.344 e. The van der Waals surface area contributed by atoms with Crippen molar-refractivity contribution in [1.82, 2.24) is 5.32 Å². The van der Waals surface area contributed by atoms with Gasteiger partial charge in [-0.15, -0.1) is 0 Å². The summed E-state index contributed by atoms with van der Waals surface area (Å²) in [5.41, 5.74) is 1.06. The number of hydrogen-bond donors (Lipinski definition) is 1. The molecule has 2 rings (SSSR count). The maximum Gasteiger partial charge on any atom is 0.344 e. The summed E-state index contributed by atoms with van der Waals surface area (Å²) in [6.45, 7) is 2.43. The highest BCUT2D eigenvalue weighted by atomic mass is 32.1. The number of esters is 1. The second-order valence-electron chi connectivity index (χ2n) is 3.79. The van der Waals surface area contributed by atoms with Gasteiger partial charge in [-0.1, -0.05) is 0 Å². The van der Waals surface area contributed by atoms with Crippen molar-refractivity contribution in [3.05, 3.63) is 52.2 Å². The molecule has 0 saturated heterocycles. The van der Waals surface area contributed by atoms with Gasteiger partial charge in [-0.3, -0.25) is 4.79 Å². The van der Waals surface area contributed by atoms with E-state index in [4.69, 9.17) is 4.74 Å². The Kier molecular flexibility index (Phi) is 4.30. The van der Waals surface area contributed by atoms with E-state index in [1.807, 2.05) is 12.3 Å². The summed E-state index contributed by atoms with van der Waals surface area (Å²) in [5, 5.41) is 6.24. The van der Waals surface area contributed by atoms with Crippen LogP contribution in [0.2, 0.25) is 0 Å². The minimum atomic E-state index is -0.396. The highest BCUT2D eigenvalue weighted by Crippen LogP contribution is 2.15. The standard InChI is InChI=1S/C14H13NO3S/c1-2-15-13(16)10-3-5-12(6-4-10)18-14(17)11-7-8-19-9-11/h3-9H,2H2,1H3,(H,15,16). The average Bonchev–Trinajstić information content (AvgIpc) is 2.94. The molecular weight excluding hydrogens is 262 g/mol. The molecule has 1 aromatic carbocycles. The Bertz CT molecular complexity index is 561. The van der Waals surface area contributed by atoms with Crippen LogP contribution in [0, 0.1) is 0 Å². The fourth-order valence-electron chi connectivity index (χ4n) is 1.48. The van der Waals surface area contributed by atoms with Crippen molar-refractivity contribution in [2.75, 3.05) is 6.54 Å². The lowest BCUT2D eigenvalue weighted by molar-refractivity contribution is 0.0735. The Morgan fingerprint density at radius 2 is 1.89 bits per heavy atom. The Morgan fingerprint density at radius 3 is 2.47 bits per heavy atom. The normalized spacial score (nSPS) is 9.95. The third-order valence-corrected chi connectivity index (χ3v) is 3.10. The number of nitrogens with one attached hydrogen (secondary N) is 1. The van der Waals surface area contributed by atoms with Gasteiger partial charge in [-0.25, -0.2) is 4.79 Å². The third kappa shape index (κ3) is 3.42. The van der Waals surface area contributed by atoms with Crippen molar-refractivity contribution in [2.24, 2.45) is 0 Å². The number of thiophene rings is 1. The predicted octanol–water partition coefficient (Wildman–Crippen LogP) is 2.72. The van der Waals surface area contributed by atoms with E-state index in [0.29, 0.717) is 23.4 Å². The molecule has 0 spiro atoms. The van der Waals surface area contributed by atoms with Gasteiger partial charge in [0.15, 0.2) is 0 Å². The number of carbonyl (C=O) groups is 2. The van der Waals surface area contributed by atoms with Gasteiger partial charge in [-0.05, 0) is 42.6 Å². The molecule has 98 valence electrons. The molecule has 4 nitrogen and oxygen atoms in total. The van der Waals surface area contributed by atoms with E-state index >= 15 is 0 Å². The first-order valence-electron chi connectivity index (χ1n) is 5.83. The quantitative estimate of drug-likeness (QED) is 0.689. The van der Waals surface area contributed by atoms with Gasteiger partial charge in [0.2, 0.25) is 0 Å². The Morgan fingerprint density at radius 1 is 1.16 bits per heavy atom. The lowest BCUT2D eigenvalue weighted by Crippen LogP contribution is -2.22. The lowest BCUT2D eigenvalue weighted by atomic mass is 10.2. The highest BCUT2D eigenvalue weighted by Gasteiger charge is 2.09. The summed E-state index contributed by atoms with van der Waals surface area (Å²) in [4.78, 5) is 23.2. The summed E-state index contributed by atoms with van der Waals surface area (Å²) in [5.74, 6) is -0.116. The molecule has 0 bridgehead atoms. The van der Waals surface area contributed by atoms with Crippen LogP contribution in [-0.4, -0.2) is 18.4 Å². The minimum Gasteiger partial charge on any atom is -0.423 e. The molecular formula is C14H13NO3S. The molecule has 1 heterocycles. The summed E-state index contributed by atoms with van der Waals surface area (Å²) in [6.07, 6.45) is 0. The van der Waals surface area contributed by atoms with Crippen molar-refractivity contribution in [2.45, 2.75) is 6.92 Å². The van der Waals surface area contributed by atoms with Gasteiger partial charge in [0.1, 0.15) is 5.75 Å². The minimum absolute atomic E-state index is 0.141. The van der Waals surface area contributed by atoms with Gasteiger partial charge in [0.25, 0.3) is 5.91 Å². The fraction of sp³-hybridized carbons (Fsp3) is 0.143. The molecule has 5 heteroatoms. The molecule has 0 unspecified atom stereocenters. The zero-order chi connectivity index (χ0) is 13.7. The second-order valence-corrected chi connectivity index (χ2v) is 4.57. The van der Waals surface area contributed by atoms with Crippen molar-refractivity contribution < 1.29 is 14.3 Å². The van der Waals surface area contributed by atoms with E-state index in [0.717, 1.165) is 0 Å². The zero-order valence-electron chi connectivity index (χ0n) is 10.4. The van der Waals surface area contributed by atoms with E-state index in [2.05, 4.69) is 5.32 Å². The van der Waals surface area contributed by atoms with Crippen LogP contribution in [0.15, 0.2) is 41.1 Å². The van der Waals surface area contributed by atoms with E-state index < -0.39 is 5.97 Å². The van der Waals surface area contributed by atoms with Crippen LogP contribution in [0.1, 0.15) is 27.6 Å². The van der Waals surface area contributed by atoms with Crippen LogP contribution in [0.5, 0.6) is 5.75 Å². The van der Waals surface area contributed by atoms with E-state index in [-0.39, 0.29) is 5.91 Å². The summed E-state index contributed by atoms with van der Waals surface area (Å²) in [7, 11) is 0. The third-order valence-electron chi connectivity index (χ3n) is 2.42. The fourth-order valence-corrected chi connectivity index (χ4v) is 2.11. The van der Waals surface area contributed by atoms with Gasteiger partial charge in [-0.2, -0.15) is 11.3 Å². The molecule has 0 atom stereocenters. The molecule has 0 radical (unpaired) electrons. The Balaban J connectivity index is 2.03. The van der Waals surface area contributed by atoms with Crippen LogP contribution in [-0.2, 0) is 0 Å². The topological polar surface area (TPSA) is 55.4 Å². The molecule has 1 N–H and O–H groups in total. The van der Waals surface area contributed by atoms with Gasteiger partial charge in [0.05, 0.1) is 5.56 Å². The maximum atomic E-state index is 11.7. The van der Waals surface area contributed by atoms with E-state index in [9.17, 15) is 9.59 Å². The van der Waals surface area contributed by atoms with Crippen molar-refractivity contribution in [3.63, 3.8) is 0 Å². The Labute approximate surface area is 115 Å². The van der Waals surface area contributed by atoms with Crippen molar-refractivity contribution >= 4 is 23.2 Å². The highest BCUT2D eigenvalue weighted by molar-refractivity contribution is 7.08. The largest absolute Gasteiger partial charge is 0.423 e. The van der Waals surface area contributed by atoms with Gasteiger partial charge >= 0.3 is 5.97 Å². The number of rotatable bonds is 4. The average molecular weight is 275 g/mol. The predicted molar refractivity (Wildman–Crippen MR) is 73.7 cm³/mol. The summed E-state index contributed by atoms with van der Waals surface area (Å²) >= 11 is 1.44. The van der Waals surface area contributed by atoms with Crippen LogP contribution < -0.4 is 10.1 Å². The van der Waals surface area contributed by atoms with Gasteiger partial charge in [0, 0.05) is 17.5 Å². The van der Waals surface area contributed by atoms with E-state index in [1.165, 1.54) is 11.3 Å². The molecule has 0 aliphatic heterocycles. The molecule has 0 aliphatic carbocycles. The number of carbonyl (C=O) groups excluding carboxylic acids is 2. The van der Waals surface area contributed by atoms with Crippen LogP contribution >= 0.6 is 11.3 Å². The zero-order valence-corrected chi connectivity index (χ0v) is 11.2. The number of ether oxygens (including phenoxy) is 1. The van der Waals surface area contributed by atoms with Crippen molar-refractivity contribution in [3.8, 4) is 5.75 Å². The summed E-state index contributed by atoms with van der Waals surface area (Å²) < 4.78 is 5.19. The monoisotopic (exact) mass is 275 g/mol. The van der Waals surface area contributed by atoms with Crippen LogP contribution in [0.4, 0.5) is 0 Å². The van der Waals surface area contributed by atoms with Gasteiger partial charge < -0.3 is 10.1 Å². The molecule has 0 aliphatic rings. The molecule has 2 aromatic rings. The first-order valence-corrected chi connectivity index (χ1v) is 6.77. The molecule has 1 aromatic heterocycles. The number of amides is 1. The first kappa shape index (κ1) is 13.3. The first-order chi connectivity index (χ1) is 9.20. The second kappa shape index (κ2) is 6.15.